The standard InChI is InChI=1S/C32H62N2P2Si2/c1-30(2,3)36(31(4,5)6)23-24-21-26(37(7,8)9)27(38(10,11)12)22-25(24)32(35,28-17-13-15-19-33-28)29-18-14-16-20-34-29/h21-22,28-29,33-34H,13-20,23,35H2,1-12H3. The van der Waals surface area contributed by atoms with E-state index in [0.717, 1.165) is 13.1 Å². The van der Waals surface area contributed by atoms with Crippen LogP contribution in [0.1, 0.15) is 91.2 Å². The molecular formula is C32H62N2P2Si2. The molecule has 0 aromatic heterocycles. The second-order valence-electron chi connectivity index (χ2n) is 16.4. The lowest BCUT2D eigenvalue weighted by atomic mass is 9.76. The minimum atomic E-state index is -1.54. The second-order valence-corrected chi connectivity index (χ2v) is 31.3. The van der Waals surface area contributed by atoms with Gasteiger partial charge in [0.1, 0.15) is 0 Å². The first kappa shape index (κ1) is 32.9. The van der Waals surface area contributed by atoms with Crippen LogP contribution in [0.2, 0.25) is 39.3 Å². The normalized spacial score (nSPS) is 23.9. The zero-order valence-electron chi connectivity index (χ0n) is 27.2. The van der Waals surface area contributed by atoms with Crippen molar-refractivity contribution in [2.75, 3.05) is 13.1 Å². The van der Waals surface area contributed by atoms with E-state index in [9.17, 15) is 0 Å². The molecule has 0 amide bonds. The summed E-state index contributed by atoms with van der Waals surface area (Å²) < 4.78 is 0. The zero-order valence-corrected chi connectivity index (χ0v) is 31.2. The molecule has 3 atom stereocenters. The summed E-state index contributed by atoms with van der Waals surface area (Å²) >= 11 is 0. The molecule has 0 saturated carbocycles. The Kier molecular flexibility index (Phi) is 10.4. The number of piperidine rings is 2. The number of rotatable bonds is 7. The van der Waals surface area contributed by atoms with Crippen molar-refractivity contribution in [1.29, 1.82) is 0 Å². The van der Waals surface area contributed by atoms with Crippen molar-refractivity contribution in [3.8, 4) is 0 Å². The Balaban J connectivity index is 2.36. The van der Waals surface area contributed by atoms with Gasteiger partial charge >= 0.3 is 0 Å². The van der Waals surface area contributed by atoms with Gasteiger partial charge in [0.15, 0.2) is 0 Å². The van der Waals surface area contributed by atoms with Crippen molar-refractivity contribution in [3.05, 3.63) is 23.3 Å². The van der Waals surface area contributed by atoms with Crippen LogP contribution in [0.3, 0.4) is 0 Å². The monoisotopic (exact) mass is 592 g/mol. The van der Waals surface area contributed by atoms with Gasteiger partial charge in [-0.2, -0.15) is 0 Å². The van der Waals surface area contributed by atoms with E-state index in [1.807, 2.05) is 0 Å². The minimum absolute atomic E-state index is 0.0271. The molecule has 2 fully saturated rings. The van der Waals surface area contributed by atoms with Crippen LogP contribution >= 0.6 is 17.2 Å². The van der Waals surface area contributed by atoms with Crippen LogP contribution in [-0.2, 0) is 11.3 Å². The molecule has 2 nitrogen and oxygen atoms in total. The number of nitrogens with one attached hydrogen (secondary N) is 2. The third kappa shape index (κ3) is 7.44. The summed E-state index contributed by atoms with van der Waals surface area (Å²) in [5, 5.41) is 12.3. The highest BCUT2D eigenvalue weighted by molar-refractivity contribution is 7.60. The number of hydrogen-bond donors (Lipinski definition) is 2. The topological polar surface area (TPSA) is 24.1 Å². The summed E-state index contributed by atoms with van der Waals surface area (Å²) in [5.41, 5.74) is 3.34. The molecule has 6 heteroatoms. The lowest BCUT2D eigenvalue weighted by Gasteiger charge is -2.50. The Bertz CT molecular complexity index is 906. The number of hydrogen-bond acceptors (Lipinski definition) is 2. The largest absolute Gasteiger partial charge is 0.313 e. The van der Waals surface area contributed by atoms with Crippen molar-refractivity contribution in [2.24, 2.45) is 0 Å². The second kappa shape index (κ2) is 12.0. The van der Waals surface area contributed by atoms with Crippen LogP contribution < -0.4 is 21.0 Å². The average molecular weight is 593 g/mol. The average Bonchev–Trinajstić information content (AvgIpc) is 2.80. The summed E-state index contributed by atoms with van der Waals surface area (Å²) in [4.78, 5) is 0. The molecule has 0 radical (unpaired) electrons. The molecular weight excluding hydrogens is 530 g/mol. The van der Waals surface area contributed by atoms with E-state index >= 15 is 0 Å². The van der Waals surface area contributed by atoms with E-state index in [1.54, 1.807) is 21.5 Å². The SMILES string of the molecule is CC(C)(C)P(Cc1cc([Si](C)(C)C)c([Si](C)(C)C)cc1C(P)(C1CCCCN1)C1CCCCN1)C(C)(C)C. The maximum absolute atomic E-state index is 4.06. The Morgan fingerprint density at radius 1 is 0.737 bits per heavy atom. The Morgan fingerprint density at radius 3 is 1.50 bits per heavy atom. The third-order valence-corrected chi connectivity index (χ3v) is 18.4. The van der Waals surface area contributed by atoms with Crippen LogP contribution in [0.15, 0.2) is 12.1 Å². The van der Waals surface area contributed by atoms with E-state index in [0.29, 0.717) is 22.4 Å². The third-order valence-electron chi connectivity index (χ3n) is 9.05. The molecule has 3 rings (SSSR count). The highest BCUT2D eigenvalue weighted by Crippen LogP contribution is 2.62. The van der Waals surface area contributed by atoms with Crippen molar-refractivity contribution in [3.63, 3.8) is 0 Å². The Morgan fingerprint density at radius 2 is 1.16 bits per heavy atom. The minimum Gasteiger partial charge on any atom is -0.313 e. The zero-order chi connectivity index (χ0) is 28.7. The lowest BCUT2D eigenvalue weighted by Crippen LogP contribution is -2.61. The first-order chi connectivity index (χ1) is 17.3. The van der Waals surface area contributed by atoms with Crippen LogP contribution in [0.4, 0.5) is 0 Å². The van der Waals surface area contributed by atoms with Gasteiger partial charge in [0, 0.05) is 17.2 Å². The fraction of sp³-hybridized carbons (Fsp3) is 0.812. The molecule has 0 spiro atoms. The predicted molar refractivity (Wildman–Crippen MR) is 185 cm³/mol. The van der Waals surface area contributed by atoms with Crippen LogP contribution in [0, 0.1) is 0 Å². The Labute approximate surface area is 243 Å². The van der Waals surface area contributed by atoms with Gasteiger partial charge in [0.25, 0.3) is 0 Å². The lowest BCUT2D eigenvalue weighted by molar-refractivity contribution is 0.238. The van der Waals surface area contributed by atoms with Gasteiger partial charge in [-0.25, -0.2) is 0 Å². The summed E-state index contributed by atoms with van der Waals surface area (Å²) in [6, 6.07) is 6.61. The fourth-order valence-corrected chi connectivity index (χ4v) is 16.8. The summed E-state index contributed by atoms with van der Waals surface area (Å²) in [6.45, 7) is 32.8. The van der Waals surface area contributed by atoms with Crippen LogP contribution in [0.5, 0.6) is 0 Å². The van der Waals surface area contributed by atoms with Gasteiger partial charge in [0.05, 0.1) is 16.1 Å². The summed E-state index contributed by atoms with van der Waals surface area (Å²) in [7, 11) is 0.255. The molecule has 218 valence electrons. The van der Waals surface area contributed by atoms with Crippen molar-refractivity contribution in [2.45, 2.75) is 153 Å². The van der Waals surface area contributed by atoms with Gasteiger partial charge in [-0.05, 0) is 66.4 Å². The molecule has 1 aromatic rings. The molecule has 38 heavy (non-hydrogen) atoms. The van der Waals surface area contributed by atoms with Gasteiger partial charge in [-0.1, -0.05) is 124 Å². The maximum Gasteiger partial charge on any atom is 0.0774 e. The van der Waals surface area contributed by atoms with E-state index in [1.165, 1.54) is 44.7 Å². The van der Waals surface area contributed by atoms with Crippen molar-refractivity contribution >= 4 is 43.7 Å². The molecule has 2 aliphatic rings. The molecule has 2 saturated heterocycles. The van der Waals surface area contributed by atoms with Gasteiger partial charge < -0.3 is 10.6 Å². The first-order valence-corrected chi connectivity index (χ1v) is 24.6. The molecule has 2 N–H and O–H groups in total. The van der Waals surface area contributed by atoms with E-state index in [2.05, 4.69) is 113 Å². The van der Waals surface area contributed by atoms with Gasteiger partial charge in [0.2, 0.25) is 0 Å². The molecule has 0 bridgehead atoms. The van der Waals surface area contributed by atoms with Crippen LogP contribution in [0.25, 0.3) is 0 Å². The van der Waals surface area contributed by atoms with Gasteiger partial charge in [-0.15, -0.1) is 9.24 Å². The molecule has 1 aromatic carbocycles. The highest BCUT2D eigenvalue weighted by Gasteiger charge is 2.47. The van der Waals surface area contributed by atoms with Gasteiger partial charge in [-0.3, -0.25) is 0 Å². The van der Waals surface area contributed by atoms with Crippen molar-refractivity contribution in [1.82, 2.24) is 10.6 Å². The van der Waals surface area contributed by atoms with Crippen molar-refractivity contribution < 1.29 is 0 Å². The summed E-state index contributed by atoms with van der Waals surface area (Å²) in [6.07, 6.45) is 9.13. The molecule has 0 aliphatic carbocycles. The van der Waals surface area contributed by atoms with Crippen LogP contribution in [-0.4, -0.2) is 51.6 Å². The molecule has 2 aliphatic heterocycles. The fourth-order valence-electron chi connectivity index (χ4n) is 7.21. The highest BCUT2D eigenvalue weighted by atomic mass is 31.1. The first-order valence-electron chi connectivity index (χ1n) is 15.5. The summed E-state index contributed by atoms with van der Waals surface area (Å²) in [5.74, 6) is 0. The quantitative estimate of drug-likeness (QED) is 0.250. The Hall–Kier alpha value is 0.434. The molecule has 2 heterocycles. The molecule has 3 unspecified atom stereocenters. The number of benzene rings is 1. The van der Waals surface area contributed by atoms with E-state index < -0.39 is 16.1 Å². The smallest absolute Gasteiger partial charge is 0.0774 e. The van der Waals surface area contributed by atoms with E-state index in [-0.39, 0.29) is 13.1 Å². The predicted octanol–water partition coefficient (Wildman–Crippen LogP) is 7.71. The van der Waals surface area contributed by atoms with E-state index in [4.69, 9.17) is 0 Å². The maximum atomic E-state index is 4.06.